The maximum atomic E-state index is 13.2. The summed E-state index contributed by atoms with van der Waals surface area (Å²) in [6.07, 6.45) is -3.46. The van der Waals surface area contributed by atoms with Crippen molar-refractivity contribution in [1.82, 2.24) is 14.5 Å². The van der Waals surface area contributed by atoms with Gasteiger partial charge in [0.25, 0.3) is 11.8 Å². The van der Waals surface area contributed by atoms with Crippen LogP contribution >= 0.6 is 0 Å². The highest BCUT2D eigenvalue weighted by molar-refractivity contribution is 6.50. The molecule has 0 saturated carbocycles. The third-order valence-corrected chi connectivity index (χ3v) is 7.25. The Kier molecular flexibility index (Phi) is 5.51. The molecule has 0 radical (unpaired) electrons. The predicted octanol–water partition coefficient (Wildman–Crippen LogP) is 0.673. The molecule has 5 atom stereocenters. The molecule has 37 heavy (non-hydrogen) atoms. The number of aliphatic hydroxyl groups is 4. The number of aryl methyl sites for hydroxylation is 1. The van der Waals surface area contributed by atoms with Crippen LogP contribution in [0.3, 0.4) is 0 Å². The van der Waals surface area contributed by atoms with Gasteiger partial charge in [0.2, 0.25) is 0 Å². The Balaban J connectivity index is 1.59. The summed E-state index contributed by atoms with van der Waals surface area (Å²) < 4.78 is 9.23. The lowest BCUT2D eigenvalue weighted by Gasteiger charge is -2.40. The largest absolute Gasteiger partial charge is 0.394 e. The SMILES string of the molecule is Cn1cc(C2=C(c3cn(C4OC(CO)C(O)C(O)C4O)c4ccccc34)C(=O)NC2=O)c2ccccc21. The van der Waals surface area contributed by atoms with Gasteiger partial charge in [-0.1, -0.05) is 36.4 Å². The lowest BCUT2D eigenvalue weighted by atomic mass is 9.95. The second-order valence-corrected chi connectivity index (χ2v) is 9.39. The van der Waals surface area contributed by atoms with E-state index in [-0.39, 0.29) is 11.1 Å². The predicted molar refractivity (Wildman–Crippen MR) is 134 cm³/mol. The van der Waals surface area contributed by atoms with Crippen molar-refractivity contribution in [1.29, 1.82) is 0 Å². The standard InChI is InChI=1S/C27H25N3O7/c1-29-10-15(13-6-2-4-8-17(13)29)20-21(26(36)28-25(20)35)16-11-30(18-9-5-3-7-14(16)18)27-24(34)23(33)22(32)19(12-31)37-27/h2-11,19,22-24,27,31-34H,12H2,1H3,(H,28,35,36). The molecule has 5 unspecified atom stereocenters. The number of carbonyl (C=O) groups excluding carboxylic acids is 2. The monoisotopic (exact) mass is 503 g/mol. The van der Waals surface area contributed by atoms with Gasteiger partial charge in [0.05, 0.1) is 23.3 Å². The zero-order chi connectivity index (χ0) is 26.0. The highest BCUT2D eigenvalue weighted by Crippen LogP contribution is 2.40. The van der Waals surface area contributed by atoms with Gasteiger partial charge in [-0.2, -0.15) is 0 Å². The van der Waals surface area contributed by atoms with E-state index in [4.69, 9.17) is 4.74 Å². The number of imide groups is 1. The molecule has 190 valence electrons. The van der Waals surface area contributed by atoms with Crippen LogP contribution < -0.4 is 5.32 Å². The maximum absolute atomic E-state index is 13.2. The smallest absolute Gasteiger partial charge is 0.259 e. The van der Waals surface area contributed by atoms with Crippen LogP contribution in [0.4, 0.5) is 0 Å². The van der Waals surface area contributed by atoms with Gasteiger partial charge in [0.1, 0.15) is 24.4 Å². The Labute approximate surface area is 210 Å². The second kappa shape index (κ2) is 8.65. The van der Waals surface area contributed by atoms with Crippen molar-refractivity contribution in [2.45, 2.75) is 30.6 Å². The summed E-state index contributed by atoms with van der Waals surface area (Å²) in [5, 5.41) is 44.9. The van der Waals surface area contributed by atoms with Crippen molar-refractivity contribution in [2.75, 3.05) is 6.61 Å². The summed E-state index contributed by atoms with van der Waals surface area (Å²) in [6, 6.07) is 14.7. The topological polar surface area (TPSA) is 146 Å². The fraction of sp³-hybridized carbons (Fsp3) is 0.259. The van der Waals surface area contributed by atoms with Gasteiger partial charge in [-0.15, -0.1) is 0 Å². The molecule has 6 rings (SSSR count). The maximum Gasteiger partial charge on any atom is 0.259 e. The molecule has 2 aromatic carbocycles. The highest BCUT2D eigenvalue weighted by atomic mass is 16.6. The van der Waals surface area contributed by atoms with E-state index in [0.717, 1.165) is 10.9 Å². The van der Waals surface area contributed by atoms with E-state index in [1.54, 1.807) is 35.0 Å². The first-order valence-corrected chi connectivity index (χ1v) is 11.9. The van der Waals surface area contributed by atoms with E-state index < -0.39 is 49.1 Å². The molecular weight excluding hydrogens is 478 g/mol. The number of nitrogens with one attached hydrogen (secondary N) is 1. The number of nitrogens with zero attached hydrogens (tertiary/aromatic N) is 2. The Morgan fingerprint density at radius 2 is 1.38 bits per heavy atom. The normalized spacial score (nSPS) is 26.5. The Hall–Kier alpha value is -3.80. The van der Waals surface area contributed by atoms with Gasteiger partial charge < -0.3 is 34.3 Å². The van der Waals surface area contributed by atoms with Crippen molar-refractivity contribution >= 4 is 44.8 Å². The molecule has 0 spiro atoms. The first-order chi connectivity index (χ1) is 17.8. The number of aliphatic hydroxyl groups excluding tert-OH is 4. The van der Waals surface area contributed by atoms with Crippen molar-refractivity contribution in [3.63, 3.8) is 0 Å². The summed E-state index contributed by atoms with van der Waals surface area (Å²) in [7, 11) is 1.87. The molecule has 10 nitrogen and oxygen atoms in total. The molecule has 2 aromatic heterocycles. The average Bonchev–Trinajstić information content (AvgIpc) is 3.53. The summed E-state index contributed by atoms with van der Waals surface area (Å²) in [5.41, 5.74) is 2.94. The molecular formula is C27H25N3O7. The summed E-state index contributed by atoms with van der Waals surface area (Å²) in [5.74, 6) is -1.06. The lowest BCUT2D eigenvalue weighted by molar-refractivity contribution is -0.250. The number of fused-ring (bicyclic) bond motifs is 2. The van der Waals surface area contributed by atoms with Gasteiger partial charge in [-0.25, -0.2) is 0 Å². The highest BCUT2D eigenvalue weighted by Gasteiger charge is 2.45. The number of rotatable bonds is 4. The Morgan fingerprint density at radius 3 is 2.03 bits per heavy atom. The van der Waals surface area contributed by atoms with Gasteiger partial charge in [-0.3, -0.25) is 14.9 Å². The van der Waals surface area contributed by atoms with Crippen molar-refractivity contribution < 1.29 is 34.8 Å². The minimum absolute atomic E-state index is 0.181. The fourth-order valence-corrected chi connectivity index (χ4v) is 5.44. The number of amides is 2. The van der Waals surface area contributed by atoms with Crippen LogP contribution in [0.25, 0.3) is 33.0 Å². The summed E-state index contributed by atoms with van der Waals surface area (Å²) in [4.78, 5) is 26.3. The Bertz CT molecular complexity index is 1600. The first kappa shape index (κ1) is 23.6. The minimum Gasteiger partial charge on any atom is -0.394 e. The van der Waals surface area contributed by atoms with Crippen LogP contribution in [0.15, 0.2) is 60.9 Å². The van der Waals surface area contributed by atoms with Crippen LogP contribution in [0.1, 0.15) is 17.4 Å². The van der Waals surface area contributed by atoms with Gasteiger partial charge >= 0.3 is 0 Å². The molecule has 0 aliphatic carbocycles. The van der Waals surface area contributed by atoms with Gasteiger partial charge in [-0.05, 0) is 12.1 Å². The quantitative estimate of drug-likeness (QED) is 0.257. The number of aromatic nitrogens is 2. The number of benzene rings is 2. The number of hydrogen-bond acceptors (Lipinski definition) is 7. The van der Waals surface area contributed by atoms with Crippen LogP contribution in [0.2, 0.25) is 0 Å². The third-order valence-electron chi connectivity index (χ3n) is 7.25. The van der Waals surface area contributed by atoms with E-state index in [1.807, 2.05) is 42.1 Å². The third kappa shape index (κ3) is 3.45. The van der Waals surface area contributed by atoms with Gasteiger partial charge in [0, 0.05) is 46.9 Å². The first-order valence-electron chi connectivity index (χ1n) is 11.9. The lowest BCUT2D eigenvalue weighted by Crippen LogP contribution is -2.56. The van der Waals surface area contributed by atoms with Gasteiger partial charge in [0.15, 0.2) is 6.23 Å². The van der Waals surface area contributed by atoms with E-state index in [1.165, 1.54) is 0 Å². The molecule has 1 saturated heterocycles. The van der Waals surface area contributed by atoms with E-state index in [2.05, 4.69) is 5.32 Å². The van der Waals surface area contributed by atoms with E-state index >= 15 is 0 Å². The Morgan fingerprint density at radius 1 is 0.811 bits per heavy atom. The van der Waals surface area contributed by atoms with Crippen LogP contribution in [-0.4, -0.2) is 72.4 Å². The molecule has 5 N–H and O–H groups in total. The fourth-order valence-electron chi connectivity index (χ4n) is 5.44. The molecule has 4 heterocycles. The zero-order valence-corrected chi connectivity index (χ0v) is 19.8. The molecule has 0 bridgehead atoms. The van der Waals surface area contributed by atoms with Crippen molar-refractivity contribution in [3.05, 3.63) is 72.1 Å². The van der Waals surface area contributed by atoms with E-state index in [9.17, 15) is 30.0 Å². The molecule has 4 aromatic rings. The van der Waals surface area contributed by atoms with Crippen LogP contribution in [0, 0.1) is 0 Å². The molecule has 2 amide bonds. The minimum atomic E-state index is -1.57. The van der Waals surface area contributed by atoms with Crippen LogP contribution in [-0.2, 0) is 21.4 Å². The zero-order valence-electron chi connectivity index (χ0n) is 19.8. The summed E-state index contributed by atoms with van der Waals surface area (Å²) >= 11 is 0. The second-order valence-electron chi connectivity index (χ2n) is 9.39. The number of ether oxygens (including phenoxy) is 1. The number of hydrogen-bond donors (Lipinski definition) is 5. The molecule has 10 heteroatoms. The summed E-state index contributed by atoms with van der Waals surface area (Å²) in [6.45, 7) is -0.569. The van der Waals surface area contributed by atoms with Crippen molar-refractivity contribution in [3.8, 4) is 0 Å². The average molecular weight is 504 g/mol. The number of carbonyl (C=O) groups is 2. The molecule has 2 aliphatic rings. The van der Waals surface area contributed by atoms with Crippen molar-refractivity contribution in [2.24, 2.45) is 7.05 Å². The number of para-hydroxylation sites is 2. The van der Waals surface area contributed by atoms with Crippen LogP contribution in [0.5, 0.6) is 0 Å². The molecule has 1 fully saturated rings. The van der Waals surface area contributed by atoms with E-state index in [0.29, 0.717) is 22.0 Å². The molecule has 2 aliphatic heterocycles.